The molecule has 1 rings (SSSR count). The zero-order valence-corrected chi connectivity index (χ0v) is 11.0. The number of hydrogen-bond acceptors (Lipinski definition) is 4. The van der Waals surface area contributed by atoms with E-state index in [-0.39, 0.29) is 6.61 Å². The first-order chi connectivity index (χ1) is 9.13. The summed E-state index contributed by atoms with van der Waals surface area (Å²) in [5.74, 6) is -0.607. The molecule has 0 radical (unpaired) electrons. The van der Waals surface area contributed by atoms with Gasteiger partial charge in [0.15, 0.2) is 0 Å². The lowest BCUT2D eigenvalue weighted by Crippen LogP contribution is -2.28. The van der Waals surface area contributed by atoms with Gasteiger partial charge in [-0.3, -0.25) is 0 Å². The number of carbonyl (C=O) groups is 2. The second-order valence-corrected chi connectivity index (χ2v) is 3.79. The summed E-state index contributed by atoms with van der Waals surface area (Å²) >= 11 is 0. The summed E-state index contributed by atoms with van der Waals surface area (Å²) in [4.78, 5) is 27.0. The number of hydroxylamine groups is 1. The molecule has 1 aromatic carbocycles. The summed E-state index contributed by atoms with van der Waals surface area (Å²) < 4.78 is 4.55. The Morgan fingerprint density at radius 3 is 2.58 bits per heavy atom. The zero-order valence-electron chi connectivity index (χ0n) is 11.0. The Balaban J connectivity index is 2.41. The monoisotopic (exact) mass is 263 g/mol. The largest absolute Gasteiger partial charge is 0.448 e. The average Bonchev–Trinajstić information content (AvgIpc) is 2.43. The molecule has 0 heterocycles. The molecule has 0 atom stereocenters. The van der Waals surface area contributed by atoms with Crippen LogP contribution in [0, 0.1) is 0 Å². The van der Waals surface area contributed by atoms with Crippen LogP contribution in [0.25, 0.3) is 0 Å². The minimum atomic E-state index is -0.785. The summed E-state index contributed by atoms with van der Waals surface area (Å²) in [6.07, 6.45) is 1.58. The highest BCUT2D eigenvalue weighted by Gasteiger charge is 2.08. The van der Waals surface area contributed by atoms with Crippen LogP contribution in [0.15, 0.2) is 42.0 Å². The molecule has 0 aromatic heterocycles. The van der Waals surface area contributed by atoms with E-state index in [0.29, 0.717) is 12.0 Å². The summed E-state index contributed by atoms with van der Waals surface area (Å²) in [6, 6.07) is 9.72. The first kappa shape index (κ1) is 14.8. The van der Waals surface area contributed by atoms with Crippen molar-refractivity contribution in [2.45, 2.75) is 20.3 Å². The van der Waals surface area contributed by atoms with E-state index >= 15 is 0 Å². The number of amides is 1. The minimum Gasteiger partial charge on any atom is -0.448 e. The Hall–Kier alpha value is -2.30. The molecule has 1 N–H and O–H groups in total. The van der Waals surface area contributed by atoms with Gasteiger partial charge in [-0.2, -0.15) is 0 Å². The highest BCUT2D eigenvalue weighted by molar-refractivity contribution is 5.88. The lowest BCUT2D eigenvalue weighted by Gasteiger charge is -2.05. The first-order valence-corrected chi connectivity index (χ1v) is 5.98. The van der Waals surface area contributed by atoms with E-state index < -0.39 is 12.1 Å². The van der Waals surface area contributed by atoms with Crippen molar-refractivity contribution in [3.8, 4) is 0 Å². The summed E-state index contributed by atoms with van der Waals surface area (Å²) in [7, 11) is 0. The highest BCUT2D eigenvalue weighted by Crippen LogP contribution is 2.04. The van der Waals surface area contributed by atoms with Crippen LogP contribution >= 0.6 is 0 Å². The molecule has 0 bridgehead atoms. The van der Waals surface area contributed by atoms with Crippen molar-refractivity contribution in [1.29, 1.82) is 0 Å². The lowest BCUT2D eigenvalue weighted by molar-refractivity contribution is -0.144. The molecule has 5 heteroatoms. The molecular formula is C14H17NO4. The molecule has 1 amide bonds. The molecular weight excluding hydrogens is 246 g/mol. The maximum atomic E-state index is 11.5. The number of nitrogens with one attached hydrogen (secondary N) is 1. The standard InChI is InChI=1S/C14H17NO4/c1-3-18-14(17)15-19-13(16)11(2)9-10-12-7-5-4-6-8-12/h4-9H,3,10H2,1-2H3,(H,15,17). The van der Waals surface area contributed by atoms with Crippen molar-refractivity contribution in [1.82, 2.24) is 5.48 Å². The molecule has 19 heavy (non-hydrogen) atoms. The van der Waals surface area contributed by atoms with Crippen LogP contribution in [-0.2, 0) is 20.8 Å². The van der Waals surface area contributed by atoms with Crippen LogP contribution in [0.4, 0.5) is 4.79 Å². The van der Waals surface area contributed by atoms with Gasteiger partial charge in [-0.25, -0.2) is 9.59 Å². The number of hydrogen-bond donors (Lipinski definition) is 1. The Bertz CT molecular complexity index is 454. The third-order valence-electron chi connectivity index (χ3n) is 2.31. The van der Waals surface area contributed by atoms with Crippen molar-refractivity contribution in [3.05, 3.63) is 47.5 Å². The SMILES string of the molecule is CCOC(=O)NOC(=O)C(C)=CCc1ccccc1. The van der Waals surface area contributed by atoms with Crippen LogP contribution < -0.4 is 5.48 Å². The van der Waals surface area contributed by atoms with E-state index in [0.717, 1.165) is 5.56 Å². The highest BCUT2D eigenvalue weighted by atomic mass is 16.7. The quantitative estimate of drug-likeness (QED) is 0.669. The Morgan fingerprint density at radius 2 is 1.95 bits per heavy atom. The number of benzene rings is 1. The molecule has 5 nitrogen and oxygen atoms in total. The fourth-order valence-corrected chi connectivity index (χ4v) is 1.30. The van der Waals surface area contributed by atoms with E-state index in [2.05, 4.69) is 9.57 Å². The van der Waals surface area contributed by atoms with E-state index in [1.165, 1.54) is 0 Å². The molecule has 0 spiro atoms. The minimum absolute atomic E-state index is 0.214. The Kier molecular flexibility index (Phi) is 6.15. The van der Waals surface area contributed by atoms with Crippen molar-refractivity contribution < 1.29 is 19.2 Å². The maximum Gasteiger partial charge on any atom is 0.440 e. The Morgan fingerprint density at radius 1 is 1.26 bits per heavy atom. The molecule has 102 valence electrons. The van der Waals surface area contributed by atoms with Crippen LogP contribution in [0.3, 0.4) is 0 Å². The van der Waals surface area contributed by atoms with Crippen LogP contribution in [0.5, 0.6) is 0 Å². The summed E-state index contributed by atoms with van der Waals surface area (Å²) in [5, 5.41) is 0. The number of ether oxygens (including phenoxy) is 1. The van der Waals surface area contributed by atoms with E-state index in [1.807, 2.05) is 35.8 Å². The predicted molar refractivity (Wildman–Crippen MR) is 70.2 cm³/mol. The van der Waals surface area contributed by atoms with Crippen molar-refractivity contribution >= 4 is 12.1 Å². The lowest BCUT2D eigenvalue weighted by atomic mass is 10.1. The summed E-state index contributed by atoms with van der Waals surface area (Å²) in [6.45, 7) is 3.50. The third-order valence-corrected chi connectivity index (χ3v) is 2.31. The average molecular weight is 263 g/mol. The molecule has 0 fully saturated rings. The van der Waals surface area contributed by atoms with Crippen molar-refractivity contribution in [2.24, 2.45) is 0 Å². The van der Waals surface area contributed by atoms with Gasteiger partial charge in [0.2, 0.25) is 0 Å². The fourth-order valence-electron chi connectivity index (χ4n) is 1.30. The summed E-state index contributed by atoms with van der Waals surface area (Å²) in [5.41, 5.74) is 3.42. The first-order valence-electron chi connectivity index (χ1n) is 5.98. The molecule has 0 unspecified atom stereocenters. The zero-order chi connectivity index (χ0) is 14.1. The van der Waals surface area contributed by atoms with E-state index in [9.17, 15) is 9.59 Å². The van der Waals surface area contributed by atoms with Gasteiger partial charge in [-0.1, -0.05) is 36.4 Å². The van der Waals surface area contributed by atoms with Gasteiger partial charge in [0.1, 0.15) is 0 Å². The second-order valence-electron chi connectivity index (χ2n) is 3.79. The topological polar surface area (TPSA) is 64.6 Å². The molecule has 0 aliphatic carbocycles. The maximum absolute atomic E-state index is 11.5. The van der Waals surface area contributed by atoms with Gasteiger partial charge in [-0.05, 0) is 25.8 Å². The van der Waals surface area contributed by atoms with Gasteiger partial charge in [0.05, 0.1) is 6.61 Å². The van der Waals surface area contributed by atoms with E-state index in [1.54, 1.807) is 19.9 Å². The molecule has 0 saturated heterocycles. The van der Waals surface area contributed by atoms with Crippen LogP contribution in [-0.4, -0.2) is 18.7 Å². The van der Waals surface area contributed by atoms with Crippen molar-refractivity contribution in [2.75, 3.05) is 6.61 Å². The van der Waals surface area contributed by atoms with Gasteiger partial charge in [-0.15, -0.1) is 5.48 Å². The third kappa shape index (κ3) is 5.72. The number of allylic oxidation sites excluding steroid dienone is 1. The molecule has 0 saturated carbocycles. The van der Waals surface area contributed by atoms with Gasteiger partial charge in [0.25, 0.3) is 0 Å². The van der Waals surface area contributed by atoms with Crippen molar-refractivity contribution in [3.63, 3.8) is 0 Å². The molecule has 1 aromatic rings. The number of rotatable bonds is 4. The van der Waals surface area contributed by atoms with Crippen LogP contribution in [0.2, 0.25) is 0 Å². The van der Waals surface area contributed by atoms with Crippen LogP contribution in [0.1, 0.15) is 19.4 Å². The molecule has 0 aliphatic rings. The van der Waals surface area contributed by atoms with E-state index in [4.69, 9.17) is 0 Å². The predicted octanol–water partition coefficient (Wildman–Crippen LogP) is 2.38. The smallest absolute Gasteiger partial charge is 0.440 e. The van der Waals surface area contributed by atoms with Gasteiger partial charge in [0, 0.05) is 5.57 Å². The Labute approximate surface area is 112 Å². The second kappa shape index (κ2) is 7.92. The van der Waals surface area contributed by atoms with Gasteiger partial charge < -0.3 is 9.57 Å². The normalized spacial score (nSPS) is 10.7. The number of carbonyl (C=O) groups excluding carboxylic acids is 2. The molecule has 0 aliphatic heterocycles. The van der Waals surface area contributed by atoms with Gasteiger partial charge >= 0.3 is 12.1 Å². The fraction of sp³-hybridized carbons (Fsp3) is 0.286.